The molecule has 4 aromatic heterocycles. The summed E-state index contributed by atoms with van der Waals surface area (Å²) in [5.41, 5.74) is 12.3. The first-order chi connectivity index (χ1) is 33.2. The van der Waals surface area contributed by atoms with Gasteiger partial charge in [0, 0.05) is 69.7 Å². The lowest BCUT2D eigenvalue weighted by Crippen LogP contribution is -2.01. The number of hydrogen-bond donors (Lipinski definition) is 0. The number of aromatic nitrogens is 4. The molecule has 4 heterocycles. The molecule has 312 valence electrons. The first-order valence-electron chi connectivity index (χ1n) is 22.5. The molecule has 0 amide bonds. The van der Waals surface area contributed by atoms with Gasteiger partial charge in [-0.3, -0.25) is 0 Å². The second-order valence-electron chi connectivity index (χ2n) is 17.1. The molecule has 0 aliphatic rings. The molecule has 0 aliphatic carbocycles. The first kappa shape index (κ1) is 37.6. The van der Waals surface area contributed by atoms with Gasteiger partial charge in [-0.2, -0.15) is 0 Å². The van der Waals surface area contributed by atoms with E-state index in [2.05, 4.69) is 168 Å². The van der Waals surface area contributed by atoms with Crippen LogP contribution in [0.15, 0.2) is 223 Å². The smallest absolute Gasteiger partial charge is 0.164 e. The molecule has 10 aromatic carbocycles. The van der Waals surface area contributed by atoms with Crippen LogP contribution < -0.4 is 0 Å². The minimum absolute atomic E-state index is 0.577. The number of benzene rings is 10. The molecule has 0 atom stereocenters. The molecule has 0 bridgehead atoms. The summed E-state index contributed by atoms with van der Waals surface area (Å²) >= 11 is 1.86. The van der Waals surface area contributed by atoms with Crippen LogP contribution in [0.1, 0.15) is 0 Å². The fourth-order valence-corrected chi connectivity index (χ4v) is 11.3. The summed E-state index contributed by atoms with van der Waals surface area (Å²) in [5.74, 6) is 1.77. The Bertz CT molecular complexity index is 4300. The van der Waals surface area contributed by atoms with Crippen LogP contribution in [0.5, 0.6) is 0 Å². The minimum Gasteiger partial charge on any atom is -0.456 e. The molecule has 0 aliphatic heterocycles. The van der Waals surface area contributed by atoms with E-state index in [0.29, 0.717) is 17.5 Å². The van der Waals surface area contributed by atoms with Crippen molar-refractivity contribution in [2.24, 2.45) is 0 Å². The van der Waals surface area contributed by atoms with Crippen molar-refractivity contribution in [3.63, 3.8) is 0 Å². The van der Waals surface area contributed by atoms with Crippen LogP contribution in [0, 0.1) is 0 Å². The van der Waals surface area contributed by atoms with Gasteiger partial charge < -0.3 is 8.98 Å². The average Bonchev–Trinajstić information content (AvgIpc) is 4.08. The maximum atomic E-state index is 6.32. The SMILES string of the molecule is c1ccc(-c2nc(-c3cccc(-n4c5ccc6ccccc6c5c5cccc(-c6cccc(-c7cccc8sc9ccccc9c78)c6)c54)c3)nc(-c3ccc4c(c3)oc3ccccc34)n2)cc1. The quantitative estimate of drug-likeness (QED) is 0.167. The highest BCUT2D eigenvalue weighted by molar-refractivity contribution is 7.25. The van der Waals surface area contributed by atoms with Crippen molar-refractivity contribution >= 4 is 86.0 Å². The van der Waals surface area contributed by atoms with Gasteiger partial charge in [-0.25, -0.2) is 15.0 Å². The topological polar surface area (TPSA) is 56.7 Å². The Kier molecular flexibility index (Phi) is 8.38. The number of rotatable bonds is 6. The van der Waals surface area contributed by atoms with E-state index < -0.39 is 0 Å². The molecule has 0 radical (unpaired) electrons. The van der Waals surface area contributed by atoms with Crippen LogP contribution in [0.25, 0.3) is 137 Å². The lowest BCUT2D eigenvalue weighted by Gasteiger charge is -2.14. The molecule has 67 heavy (non-hydrogen) atoms. The van der Waals surface area contributed by atoms with Crippen molar-refractivity contribution in [1.29, 1.82) is 0 Å². The monoisotopic (exact) mass is 872 g/mol. The summed E-state index contributed by atoms with van der Waals surface area (Å²) in [6.45, 7) is 0. The molecule has 6 heteroatoms. The maximum Gasteiger partial charge on any atom is 0.164 e. The molecular weight excluding hydrogens is 837 g/mol. The minimum atomic E-state index is 0.577. The van der Waals surface area contributed by atoms with Crippen molar-refractivity contribution in [3.05, 3.63) is 218 Å². The molecule has 14 aromatic rings. The fourth-order valence-electron chi connectivity index (χ4n) is 10.2. The zero-order valence-corrected chi connectivity index (χ0v) is 36.7. The van der Waals surface area contributed by atoms with E-state index in [-0.39, 0.29) is 0 Å². The van der Waals surface area contributed by atoms with Crippen molar-refractivity contribution in [2.75, 3.05) is 0 Å². The molecule has 0 fully saturated rings. The largest absolute Gasteiger partial charge is 0.456 e. The van der Waals surface area contributed by atoms with Crippen LogP contribution >= 0.6 is 11.3 Å². The highest BCUT2D eigenvalue weighted by atomic mass is 32.1. The van der Waals surface area contributed by atoms with Gasteiger partial charge in [0.05, 0.1) is 11.0 Å². The van der Waals surface area contributed by atoms with Crippen molar-refractivity contribution in [1.82, 2.24) is 19.5 Å². The molecule has 0 N–H and O–H groups in total. The van der Waals surface area contributed by atoms with Crippen LogP contribution in [-0.4, -0.2) is 19.5 Å². The number of fused-ring (bicyclic) bond motifs is 11. The van der Waals surface area contributed by atoms with Gasteiger partial charge in [0.15, 0.2) is 17.5 Å². The van der Waals surface area contributed by atoms with E-state index >= 15 is 0 Å². The second-order valence-corrected chi connectivity index (χ2v) is 18.2. The van der Waals surface area contributed by atoms with E-state index in [1.165, 1.54) is 52.8 Å². The number of nitrogens with zero attached hydrogens (tertiary/aromatic N) is 4. The van der Waals surface area contributed by atoms with E-state index in [1.54, 1.807) is 0 Å². The zero-order chi connectivity index (χ0) is 44.0. The predicted octanol–water partition coefficient (Wildman–Crippen LogP) is 16.7. The van der Waals surface area contributed by atoms with Gasteiger partial charge in [0.25, 0.3) is 0 Å². The Labute approximate surface area is 388 Å². The van der Waals surface area contributed by atoms with E-state index in [4.69, 9.17) is 19.4 Å². The van der Waals surface area contributed by atoms with Crippen LogP contribution in [0.3, 0.4) is 0 Å². The van der Waals surface area contributed by atoms with E-state index in [0.717, 1.165) is 66.5 Å². The van der Waals surface area contributed by atoms with Crippen LogP contribution in [-0.2, 0) is 0 Å². The second kappa shape index (κ2) is 14.9. The Morgan fingerprint density at radius 2 is 0.970 bits per heavy atom. The molecule has 0 unspecified atom stereocenters. The molecule has 0 saturated heterocycles. The van der Waals surface area contributed by atoms with Crippen molar-refractivity contribution in [3.8, 4) is 62.1 Å². The summed E-state index contributed by atoms with van der Waals surface area (Å²) < 4.78 is 11.4. The Morgan fingerprint density at radius 1 is 0.358 bits per heavy atom. The van der Waals surface area contributed by atoms with Gasteiger partial charge in [0.1, 0.15) is 11.2 Å². The van der Waals surface area contributed by atoms with Crippen molar-refractivity contribution in [2.45, 2.75) is 0 Å². The van der Waals surface area contributed by atoms with Crippen LogP contribution in [0.4, 0.5) is 0 Å². The van der Waals surface area contributed by atoms with E-state index in [1.807, 2.05) is 65.9 Å². The third kappa shape index (κ3) is 6.04. The van der Waals surface area contributed by atoms with Crippen LogP contribution in [0.2, 0.25) is 0 Å². The summed E-state index contributed by atoms with van der Waals surface area (Å²) in [7, 11) is 0. The summed E-state index contributed by atoms with van der Waals surface area (Å²) in [5, 5.41) is 9.59. The van der Waals surface area contributed by atoms with Gasteiger partial charge >= 0.3 is 0 Å². The average molecular weight is 873 g/mol. The lowest BCUT2D eigenvalue weighted by atomic mass is 9.95. The van der Waals surface area contributed by atoms with Gasteiger partial charge in [-0.05, 0) is 82.1 Å². The Hall–Kier alpha value is -8.71. The summed E-state index contributed by atoms with van der Waals surface area (Å²) in [4.78, 5) is 15.5. The number of furan rings is 1. The maximum absolute atomic E-state index is 6.32. The van der Waals surface area contributed by atoms with Gasteiger partial charge in [-0.15, -0.1) is 11.3 Å². The van der Waals surface area contributed by atoms with Gasteiger partial charge in [0.2, 0.25) is 0 Å². The molecule has 5 nitrogen and oxygen atoms in total. The highest BCUT2D eigenvalue weighted by Gasteiger charge is 2.21. The molecule has 0 saturated carbocycles. The standard InChI is InChI=1S/C61H36N4OS/c1-2-15-38(16-3-1)59-62-60(64-61(63-59)42-30-32-48-47-22-6-8-27-52(47)66-53(48)36-42)41-19-11-20-43(35-41)65-51-33-31-37-14-4-5-21-44(37)56(51)50-26-12-25-46(58(50)65)40-18-10-17-39(34-40)45-24-13-29-55-57(45)49-23-7-9-28-54(49)67-55/h1-36H. The molecule has 14 rings (SSSR count). The Balaban J connectivity index is 0.975. The first-order valence-corrected chi connectivity index (χ1v) is 23.3. The Morgan fingerprint density at radius 3 is 1.85 bits per heavy atom. The fraction of sp³-hybridized carbons (Fsp3) is 0. The molecular formula is C61H36N4OS. The molecule has 0 spiro atoms. The number of para-hydroxylation sites is 2. The lowest BCUT2D eigenvalue weighted by molar-refractivity contribution is 0.669. The third-order valence-electron chi connectivity index (χ3n) is 13.2. The summed E-state index contributed by atoms with van der Waals surface area (Å²) in [6.07, 6.45) is 0. The summed E-state index contributed by atoms with van der Waals surface area (Å²) in [6, 6.07) is 77.6. The normalized spacial score (nSPS) is 11.9. The highest BCUT2D eigenvalue weighted by Crippen LogP contribution is 2.44. The van der Waals surface area contributed by atoms with E-state index in [9.17, 15) is 0 Å². The van der Waals surface area contributed by atoms with Crippen molar-refractivity contribution < 1.29 is 4.42 Å². The zero-order valence-electron chi connectivity index (χ0n) is 35.9. The third-order valence-corrected chi connectivity index (χ3v) is 14.4. The number of thiophene rings is 1. The predicted molar refractivity (Wildman–Crippen MR) is 279 cm³/mol. The van der Waals surface area contributed by atoms with Gasteiger partial charge in [-0.1, -0.05) is 164 Å². The number of hydrogen-bond acceptors (Lipinski definition) is 5.